The topological polar surface area (TPSA) is 82.2 Å². The molecule has 0 aliphatic carbocycles. The summed E-state index contributed by atoms with van der Waals surface area (Å²) in [5.74, 6) is -3.67. The average Bonchev–Trinajstić information content (AvgIpc) is 2.71. The van der Waals surface area contributed by atoms with E-state index in [1.165, 1.54) is 13.1 Å². The third-order valence-corrected chi connectivity index (χ3v) is 2.91. The first-order valence-corrected chi connectivity index (χ1v) is 5.83. The zero-order valence-electron chi connectivity index (χ0n) is 10.5. The van der Waals surface area contributed by atoms with Crippen molar-refractivity contribution >= 4 is 22.8 Å². The Labute approximate surface area is 112 Å². The van der Waals surface area contributed by atoms with E-state index in [0.717, 1.165) is 12.1 Å². The van der Waals surface area contributed by atoms with Crippen molar-refractivity contribution in [2.75, 3.05) is 0 Å². The number of aromatic nitrogens is 1. The lowest BCUT2D eigenvalue weighted by Crippen LogP contribution is -2.41. The number of benzene rings is 1. The summed E-state index contributed by atoms with van der Waals surface area (Å²) in [6.45, 7) is 1.21. The molecule has 1 atom stereocenters. The van der Waals surface area contributed by atoms with Crippen LogP contribution in [0, 0.1) is 11.6 Å². The molecular formula is C13H12F2N2O3. The fourth-order valence-corrected chi connectivity index (χ4v) is 2.01. The summed E-state index contributed by atoms with van der Waals surface area (Å²) in [6, 6.07) is 0.880. The highest BCUT2D eigenvalue weighted by molar-refractivity contribution is 5.86. The maximum absolute atomic E-state index is 13.2. The van der Waals surface area contributed by atoms with Crippen LogP contribution in [0.15, 0.2) is 18.3 Å². The lowest BCUT2D eigenvalue weighted by molar-refractivity contribution is -0.141. The number of carbonyl (C=O) groups is 2. The van der Waals surface area contributed by atoms with Crippen LogP contribution >= 0.6 is 0 Å². The summed E-state index contributed by atoms with van der Waals surface area (Å²) < 4.78 is 26.3. The monoisotopic (exact) mass is 282 g/mol. The Morgan fingerprint density at radius 2 is 2.00 bits per heavy atom. The lowest BCUT2D eigenvalue weighted by atomic mass is 10.0. The minimum atomic E-state index is -1.20. The average molecular weight is 282 g/mol. The quantitative estimate of drug-likeness (QED) is 0.796. The van der Waals surface area contributed by atoms with Crippen LogP contribution in [0.2, 0.25) is 0 Å². The minimum absolute atomic E-state index is 0.0278. The molecule has 0 unspecified atom stereocenters. The van der Waals surface area contributed by atoms with Crippen LogP contribution in [-0.2, 0) is 16.0 Å². The van der Waals surface area contributed by atoms with Gasteiger partial charge in [-0.2, -0.15) is 0 Å². The fourth-order valence-electron chi connectivity index (χ4n) is 2.01. The highest BCUT2D eigenvalue weighted by atomic mass is 19.2. The molecule has 0 saturated carbocycles. The second-order valence-corrected chi connectivity index (χ2v) is 4.42. The van der Waals surface area contributed by atoms with Crippen molar-refractivity contribution in [2.45, 2.75) is 19.4 Å². The summed E-state index contributed by atoms with van der Waals surface area (Å²) in [7, 11) is 0. The molecule has 20 heavy (non-hydrogen) atoms. The number of hydrogen-bond donors (Lipinski definition) is 3. The number of hydrogen-bond acceptors (Lipinski definition) is 2. The summed E-state index contributed by atoms with van der Waals surface area (Å²) >= 11 is 0. The minimum Gasteiger partial charge on any atom is -0.480 e. The molecule has 0 aliphatic heterocycles. The molecule has 1 aromatic carbocycles. The Morgan fingerprint density at radius 3 is 2.60 bits per heavy atom. The molecule has 1 amide bonds. The molecule has 0 radical (unpaired) electrons. The van der Waals surface area contributed by atoms with E-state index in [0.29, 0.717) is 16.5 Å². The van der Waals surface area contributed by atoms with E-state index in [1.54, 1.807) is 0 Å². The summed E-state index contributed by atoms with van der Waals surface area (Å²) in [4.78, 5) is 24.8. The number of carbonyl (C=O) groups excluding carboxylic acids is 1. The highest BCUT2D eigenvalue weighted by Gasteiger charge is 2.21. The van der Waals surface area contributed by atoms with Crippen molar-refractivity contribution in [1.29, 1.82) is 0 Å². The molecular weight excluding hydrogens is 270 g/mol. The summed E-state index contributed by atoms with van der Waals surface area (Å²) in [6.07, 6.45) is 1.45. The predicted molar refractivity (Wildman–Crippen MR) is 67.2 cm³/mol. The van der Waals surface area contributed by atoms with E-state index < -0.39 is 29.6 Å². The van der Waals surface area contributed by atoms with Gasteiger partial charge in [-0.3, -0.25) is 4.79 Å². The van der Waals surface area contributed by atoms with Gasteiger partial charge in [-0.15, -0.1) is 0 Å². The Hall–Kier alpha value is -2.44. The van der Waals surface area contributed by atoms with Gasteiger partial charge in [0.1, 0.15) is 6.04 Å². The standard InChI is InChI=1S/C13H12F2N2O3/c1-6(18)17-12(13(19)20)2-7-5-16-11-4-10(15)9(14)3-8(7)11/h3-5,12,16H,2H2,1H3,(H,17,18)(H,19,20)/t12-/m0/s1. The number of amides is 1. The molecule has 2 rings (SSSR count). The predicted octanol–water partition coefficient (Wildman–Crippen LogP) is 1.58. The van der Waals surface area contributed by atoms with Gasteiger partial charge in [-0.05, 0) is 11.6 Å². The fraction of sp³-hybridized carbons (Fsp3) is 0.231. The molecule has 0 spiro atoms. The van der Waals surface area contributed by atoms with Gasteiger partial charge in [-0.1, -0.05) is 0 Å². The van der Waals surface area contributed by atoms with E-state index >= 15 is 0 Å². The van der Waals surface area contributed by atoms with E-state index in [4.69, 9.17) is 5.11 Å². The van der Waals surface area contributed by atoms with Gasteiger partial charge >= 0.3 is 5.97 Å². The Morgan fingerprint density at radius 1 is 1.35 bits per heavy atom. The molecule has 1 heterocycles. The first-order chi connectivity index (χ1) is 9.38. The van der Waals surface area contributed by atoms with E-state index in [9.17, 15) is 18.4 Å². The van der Waals surface area contributed by atoms with Crippen molar-refractivity contribution in [3.05, 3.63) is 35.5 Å². The molecule has 2 aromatic rings. The molecule has 5 nitrogen and oxygen atoms in total. The van der Waals surface area contributed by atoms with Gasteiger partial charge in [-0.25, -0.2) is 13.6 Å². The number of aromatic amines is 1. The van der Waals surface area contributed by atoms with Crippen molar-refractivity contribution in [1.82, 2.24) is 10.3 Å². The Kier molecular flexibility index (Phi) is 3.69. The van der Waals surface area contributed by atoms with Gasteiger partial charge in [0.15, 0.2) is 11.6 Å². The highest BCUT2D eigenvalue weighted by Crippen LogP contribution is 2.22. The molecule has 3 N–H and O–H groups in total. The van der Waals surface area contributed by atoms with Crippen molar-refractivity contribution in [3.63, 3.8) is 0 Å². The third-order valence-electron chi connectivity index (χ3n) is 2.91. The maximum Gasteiger partial charge on any atom is 0.326 e. The van der Waals surface area contributed by atoms with Gasteiger partial charge in [0, 0.05) is 36.5 Å². The van der Waals surface area contributed by atoms with Gasteiger partial charge in [0.2, 0.25) is 5.91 Å². The molecule has 0 bridgehead atoms. The zero-order valence-corrected chi connectivity index (χ0v) is 10.5. The van der Waals surface area contributed by atoms with Crippen LogP contribution < -0.4 is 5.32 Å². The number of H-pyrrole nitrogens is 1. The molecule has 0 aliphatic rings. The first kappa shape index (κ1) is 14.0. The van der Waals surface area contributed by atoms with Crippen LogP contribution in [0.4, 0.5) is 8.78 Å². The molecule has 106 valence electrons. The lowest BCUT2D eigenvalue weighted by Gasteiger charge is -2.12. The van der Waals surface area contributed by atoms with E-state index in [2.05, 4.69) is 10.3 Å². The van der Waals surface area contributed by atoms with Gasteiger partial charge in [0.25, 0.3) is 0 Å². The van der Waals surface area contributed by atoms with Crippen LogP contribution in [0.25, 0.3) is 10.9 Å². The number of rotatable bonds is 4. The van der Waals surface area contributed by atoms with Crippen LogP contribution in [0.1, 0.15) is 12.5 Å². The van der Waals surface area contributed by atoms with Gasteiger partial charge in [0.05, 0.1) is 0 Å². The third kappa shape index (κ3) is 2.76. The van der Waals surface area contributed by atoms with Crippen LogP contribution in [0.5, 0.6) is 0 Å². The Balaban J connectivity index is 2.35. The number of carboxylic acid groups (broad SMARTS) is 1. The zero-order chi connectivity index (χ0) is 14.9. The van der Waals surface area contributed by atoms with Crippen molar-refractivity contribution in [2.24, 2.45) is 0 Å². The molecule has 7 heteroatoms. The maximum atomic E-state index is 13.2. The SMILES string of the molecule is CC(=O)N[C@@H](Cc1c[nH]c2cc(F)c(F)cc12)C(=O)O. The molecule has 1 aromatic heterocycles. The first-order valence-electron chi connectivity index (χ1n) is 5.83. The van der Waals surface area contributed by atoms with Crippen LogP contribution in [0.3, 0.4) is 0 Å². The van der Waals surface area contributed by atoms with Gasteiger partial charge < -0.3 is 15.4 Å². The molecule has 0 fully saturated rings. The second-order valence-electron chi connectivity index (χ2n) is 4.42. The second kappa shape index (κ2) is 5.28. The summed E-state index contributed by atoms with van der Waals surface area (Å²) in [5, 5.41) is 11.7. The summed E-state index contributed by atoms with van der Waals surface area (Å²) in [5.41, 5.74) is 0.853. The number of nitrogens with one attached hydrogen (secondary N) is 2. The van der Waals surface area contributed by atoms with Crippen LogP contribution in [-0.4, -0.2) is 28.0 Å². The number of halogens is 2. The smallest absolute Gasteiger partial charge is 0.326 e. The van der Waals surface area contributed by atoms with E-state index in [1.807, 2.05) is 0 Å². The largest absolute Gasteiger partial charge is 0.480 e. The normalized spacial score (nSPS) is 12.3. The van der Waals surface area contributed by atoms with Crippen molar-refractivity contribution < 1.29 is 23.5 Å². The number of aliphatic carboxylic acids is 1. The number of carboxylic acids is 1. The van der Waals surface area contributed by atoms with Crippen molar-refractivity contribution in [3.8, 4) is 0 Å². The van der Waals surface area contributed by atoms with E-state index in [-0.39, 0.29) is 6.42 Å². The Bertz CT molecular complexity index is 682. The molecule has 0 saturated heterocycles. The number of fused-ring (bicyclic) bond motifs is 1.